The van der Waals surface area contributed by atoms with Gasteiger partial charge >= 0.3 is 12.0 Å². The maximum atomic E-state index is 12.7. The third kappa shape index (κ3) is 2.98. The van der Waals surface area contributed by atoms with Crippen LogP contribution in [0.3, 0.4) is 0 Å². The van der Waals surface area contributed by atoms with Crippen LogP contribution in [0.5, 0.6) is 0 Å². The van der Waals surface area contributed by atoms with Crippen LogP contribution in [0.25, 0.3) is 0 Å². The summed E-state index contributed by atoms with van der Waals surface area (Å²) in [6, 6.07) is 4.79. The first-order valence-electron chi connectivity index (χ1n) is 8.22. The van der Waals surface area contributed by atoms with Crippen LogP contribution in [0, 0.1) is 5.92 Å². The number of carbonyl (C=O) groups excluding carboxylic acids is 3. The zero-order valence-electron chi connectivity index (χ0n) is 13.7. The molecule has 2 heterocycles. The SMILES string of the molecule is C[C@@H]1CCCC[C@]12NC(=O)N(CC(=O)OCc1ccccn1)C2=O. The molecule has 1 N–H and O–H groups in total. The van der Waals surface area contributed by atoms with E-state index < -0.39 is 17.5 Å². The molecular formula is C17H21N3O4. The molecule has 1 aliphatic heterocycles. The zero-order valence-corrected chi connectivity index (χ0v) is 13.7. The number of imide groups is 1. The van der Waals surface area contributed by atoms with Crippen molar-refractivity contribution in [1.29, 1.82) is 0 Å². The van der Waals surface area contributed by atoms with E-state index in [0.717, 1.165) is 24.2 Å². The standard InChI is InChI=1S/C17H21N3O4/c1-12-6-2-4-8-17(12)15(22)20(16(23)19-17)10-14(21)24-11-13-7-3-5-9-18-13/h3,5,7,9,12H,2,4,6,8,10-11H2,1H3,(H,19,23)/t12-,17+/m1/s1. The van der Waals surface area contributed by atoms with Crippen LogP contribution in [0.4, 0.5) is 4.79 Å². The predicted octanol–water partition coefficient (Wildman–Crippen LogP) is 1.63. The highest BCUT2D eigenvalue weighted by Crippen LogP contribution is 2.38. The lowest BCUT2D eigenvalue weighted by atomic mass is 9.73. The lowest BCUT2D eigenvalue weighted by molar-refractivity contribution is -0.149. The maximum Gasteiger partial charge on any atom is 0.326 e. The van der Waals surface area contributed by atoms with Crippen molar-refractivity contribution in [3.05, 3.63) is 30.1 Å². The molecule has 1 aromatic rings. The molecule has 1 saturated carbocycles. The summed E-state index contributed by atoms with van der Waals surface area (Å²) in [5.74, 6) is -0.864. The molecule has 128 valence electrons. The van der Waals surface area contributed by atoms with E-state index in [9.17, 15) is 14.4 Å². The molecule has 7 heteroatoms. The van der Waals surface area contributed by atoms with Crippen LogP contribution in [0.15, 0.2) is 24.4 Å². The molecule has 3 amide bonds. The van der Waals surface area contributed by atoms with E-state index in [0.29, 0.717) is 12.1 Å². The van der Waals surface area contributed by atoms with E-state index in [1.54, 1.807) is 24.4 Å². The van der Waals surface area contributed by atoms with Gasteiger partial charge < -0.3 is 10.1 Å². The Morgan fingerprint density at radius 2 is 2.25 bits per heavy atom. The molecule has 0 unspecified atom stereocenters. The maximum absolute atomic E-state index is 12.7. The molecule has 0 aromatic carbocycles. The van der Waals surface area contributed by atoms with Gasteiger partial charge in [0.25, 0.3) is 5.91 Å². The summed E-state index contributed by atoms with van der Waals surface area (Å²) in [5, 5.41) is 2.82. The normalized spacial score (nSPS) is 26.5. The number of pyridine rings is 1. The van der Waals surface area contributed by atoms with Gasteiger partial charge in [0.15, 0.2) is 0 Å². The van der Waals surface area contributed by atoms with Crippen molar-refractivity contribution >= 4 is 17.9 Å². The molecule has 1 aromatic heterocycles. The molecule has 0 bridgehead atoms. The highest BCUT2D eigenvalue weighted by molar-refractivity contribution is 6.08. The van der Waals surface area contributed by atoms with Gasteiger partial charge in [0, 0.05) is 6.20 Å². The number of amides is 3. The average Bonchev–Trinajstić information content (AvgIpc) is 2.82. The third-order valence-electron chi connectivity index (χ3n) is 4.90. The average molecular weight is 331 g/mol. The molecule has 0 radical (unpaired) electrons. The molecule has 1 spiro atoms. The molecule has 7 nitrogen and oxygen atoms in total. The number of carbonyl (C=O) groups is 3. The second-order valence-corrected chi connectivity index (χ2v) is 6.42. The third-order valence-corrected chi connectivity index (χ3v) is 4.90. The number of nitrogens with zero attached hydrogens (tertiary/aromatic N) is 2. The van der Waals surface area contributed by atoms with E-state index in [1.807, 2.05) is 6.92 Å². The molecule has 24 heavy (non-hydrogen) atoms. The van der Waals surface area contributed by atoms with Crippen molar-refractivity contribution in [2.24, 2.45) is 5.92 Å². The lowest BCUT2D eigenvalue weighted by Crippen LogP contribution is -2.54. The second kappa shape index (κ2) is 6.59. The highest BCUT2D eigenvalue weighted by Gasteiger charge is 2.55. The summed E-state index contributed by atoms with van der Waals surface area (Å²) in [5.41, 5.74) is -0.239. The Morgan fingerprint density at radius 3 is 2.96 bits per heavy atom. The Bertz CT molecular complexity index is 648. The first-order chi connectivity index (χ1) is 11.5. The summed E-state index contributed by atoms with van der Waals surface area (Å²) >= 11 is 0. The van der Waals surface area contributed by atoms with E-state index in [-0.39, 0.29) is 25.0 Å². The van der Waals surface area contributed by atoms with Crippen LogP contribution in [-0.4, -0.2) is 39.9 Å². The number of hydrogen-bond donors (Lipinski definition) is 1. The fraction of sp³-hybridized carbons (Fsp3) is 0.529. The Balaban J connectivity index is 1.61. The smallest absolute Gasteiger partial charge is 0.326 e. The van der Waals surface area contributed by atoms with Crippen LogP contribution < -0.4 is 5.32 Å². The summed E-state index contributed by atoms with van der Waals surface area (Å²) in [7, 11) is 0. The largest absolute Gasteiger partial charge is 0.458 e. The molecule has 3 rings (SSSR count). The van der Waals surface area contributed by atoms with E-state index in [2.05, 4.69) is 10.3 Å². The topological polar surface area (TPSA) is 88.6 Å². The van der Waals surface area contributed by atoms with E-state index >= 15 is 0 Å². The van der Waals surface area contributed by atoms with Gasteiger partial charge in [-0.25, -0.2) is 4.79 Å². The highest BCUT2D eigenvalue weighted by atomic mass is 16.5. The zero-order chi connectivity index (χ0) is 17.2. The van der Waals surface area contributed by atoms with Crippen LogP contribution in [-0.2, 0) is 20.9 Å². The summed E-state index contributed by atoms with van der Waals surface area (Å²) in [4.78, 5) is 41.9. The minimum absolute atomic E-state index is 0.0187. The quantitative estimate of drug-likeness (QED) is 0.669. The van der Waals surface area contributed by atoms with Gasteiger partial charge in [0.05, 0.1) is 5.69 Å². The van der Waals surface area contributed by atoms with Crippen molar-refractivity contribution in [3.8, 4) is 0 Å². The second-order valence-electron chi connectivity index (χ2n) is 6.42. The minimum Gasteiger partial charge on any atom is -0.458 e. The number of esters is 1. The van der Waals surface area contributed by atoms with Crippen molar-refractivity contribution in [2.45, 2.75) is 44.8 Å². The van der Waals surface area contributed by atoms with Gasteiger partial charge in [-0.15, -0.1) is 0 Å². The summed E-state index contributed by atoms with van der Waals surface area (Å²) in [6.45, 7) is 1.62. The number of rotatable bonds is 4. The van der Waals surface area contributed by atoms with E-state index in [4.69, 9.17) is 4.74 Å². The number of hydrogen-bond acceptors (Lipinski definition) is 5. The fourth-order valence-corrected chi connectivity index (χ4v) is 3.45. The van der Waals surface area contributed by atoms with E-state index in [1.165, 1.54) is 0 Å². The Hall–Kier alpha value is -2.44. The molecule has 1 aliphatic carbocycles. The molecule has 2 atom stereocenters. The molecule has 1 saturated heterocycles. The molecule has 2 aliphatic rings. The van der Waals surface area contributed by atoms with Crippen LogP contribution >= 0.6 is 0 Å². The van der Waals surface area contributed by atoms with Gasteiger partial charge in [-0.3, -0.25) is 19.5 Å². The van der Waals surface area contributed by atoms with Gasteiger partial charge in [-0.2, -0.15) is 0 Å². The first-order valence-corrected chi connectivity index (χ1v) is 8.22. The van der Waals surface area contributed by atoms with Gasteiger partial charge in [0.1, 0.15) is 18.7 Å². The number of ether oxygens (including phenoxy) is 1. The Morgan fingerprint density at radius 1 is 1.42 bits per heavy atom. The molecule has 2 fully saturated rings. The fourth-order valence-electron chi connectivity index (χ4n) is 3.45. The summed E-state index contributed by atoms with van der Waals surface area (Å²) < 4.78 is 5.11. The van der Waals surface area contributed by atoms with Crippen molar-refractivity contribution in [3.63, 3.8) is 0 Å². The first kappa shape index (κ1) is 16.4. The van der Waals surface area contributed by atoms with Gasteiger partial charge in [-0.05, 0) is 30.9 Å². The number of aromatic nitrogens is 1. The molecular weight excluding hydrogens is 310 g/mol. The van der Waals surface area contributed by atoms with Gasteiger partial charge in [-0.1, -0.05) is 25.8 Å². The predicted molar refractivity (Wildman–Crippen MR) is 84.6 cm³/mol. The Labute approximate surface area is 140 Å². The van der Waals surface area contributed by atoms with Crippen LogP contribution in [0.2, 0.25) is 0 Å². The van der Waals surface area contributed by atoms with Crippen LogP contribution in [0.1, 0.15) is 38.3 Å². The van der Waals surface area contributed by atoms with Gasteiger partial charge in [0.2, 0.25) is 0 Å². The van der Waals surface area contributed by atoms with Crippen molar-refractivity contribution in [1.82, 2.24) is 15.2 Å². The lowest BCUT2D eigenvalue weighted by Gasteiger charge is -2.36. The number of nitrogens with one attached hydrogen (secondary N) is 1. The summed E-state index contributed by atoms with van der Waals surface area (Å²) in [6.07, 6.45) is 5.07. The minimum atomic E-state index is -0.851. The van der Waals surface area contributed by atoms with Crippen molar-refractivity contribution < 1.29 is 19.1 Å². The van der Waals surface area contributed by atoms with Crippen molar-refractivity contribution in [2.75, 3.05) is 6.54 Å². The Kier molecular flexibility index (Phi) is 4.51. The number of urea groups is 1. The monoisotopic (exact) mass is 331 g/mol.